The summed E-state index contributed by atoms with van der Waals surface area (Å²) in [6, 6.07) is 0. The predicted octanol–water partition coefficient (Wildman–Crippen LogP) is 8.56. The molecular weight excluding hydrogens is 358 g/mol. The van der Waals surface area contributed by atoms with Crippen molar-refractivity contribution in [2.45, 2.75) is 148 Å². The number of carbonyl (C=O) groups excluding carboxylic acids is 1. The minimum atomic E-state index is -0.464. The van der Waals surface area contributed by atoms with Crippen molar-refractivity contribution in [2.75, 3.05) is 0 Å². The van der Waals surface area contributed by atoms with Gasteiger partial charge >= 0.3 is 5.97 Å². The molecule has 0 unspecified atom stereocenters. The van der Waals surface area contributed by atoms with Crippen molar-refractivity contribution >= 4 is 5.97 Å². The highest BCUT2D eigenvalue weighted by atomic mass is 16.7. The molecule has 0 rings (SSSR count). The fourth-order valence-corrected chi connectivity index (χ4v) is 3.91. The van der Waals surface area contributed by atoms with Crippen LogP contribution in [0.4, 0.5) is 0 Å². The summed E-state index contributed by atoms with van der Waals surface area (Å²) in [7, 11) is 0. The summed E-state index contributed by atoms with van der Waals surface area (Å²) >= 11 is 0. The van der Waals surface area contributed by atoms with E-state index in [9.17, 15) is 4.79 Å². The van der Waals surface area contributed by atoms with Crippen molar-refractivity contribution in [3.8, 4) is 0 Å². The van der Waals surface area contributed by atoms with Gasteiger partial charge in [0, 0.05) is 6.08 Å². The molecule has 0 aliphatic carbocycles. The van der Waals surface area contributed by atoms with Gasteiger partial charge in [0.15, 0.2) is 0 Å². The van der Waals surface area contributed by atoms with E-state index in [1.165, 1.54) is 134 Å². The lowest BCUT2D eigenvalue weighted by Crippen LogP contribution is -2.05. The highest BCUT2D eigenvalue weighted by Crippen LogP contribution is 2.15. The number of hydrogen-bond donors (Lipinski definition) is 1. The second-order valence-electron chi connectivity index (χ2n) is 8.70. The average Bonchev–Trinajstić information content (AvgIpc) is 2.74. The van der Waals surface area contributed by atoms with E-state index in [1.54, 1.807) is 0 Å². The molecule has 2 N–H and O–H groups in total. The molecule has 0 aromatic heterocycles. The molecule has 0 amide bonds. The van der Waals surface area contributed by atoms with Gasteiger partial charge in [-0.2, -0.15) is 5.90 Å². The maximum atomic E-state index is 10.8. The van der Waals surface area contributed by atoms with E-state index in [4.69, 9.17) is 5.90 Å². The van der Waals surface area contributed by atoms with Gasteiger partial charge in [-0.3, -0.25) is 0 Å². The van der Waals surface area contributed by atoms with Crippen LogP contribution in [0.1, 0.15) is 148 Å². The molecular formula is C26H51NO2. The van der Waals surface area contributed by atoms with Crippen molar-refractivity contribution in [3.05, 3.63) is 12.2 Å². The Morgan fingerprint density at radius 1 is 0.586 bits per heavy atom. The van der Waals surface area contributed by atoms with Gasteiger partial charge in [-0.1, -0.05) is 141 Å². The van der Waals surface area contributed by atoms with Gasteiger partial charge in [0.25, 0.3) is 0 Å². The van der Waals surface area contributed by atoms with Crippen LogP contribution in [0.2, 0.25) is 0 Å². The molecule has 0 saturated heterocycles. The molecule has 0 aromatic carbocycles. The van der Waals surface area contributed by atoms with E-state index in [2.05, 4.69) is 11.8 Å². The minimum Gasteiger partial charge on any atom is -0.370 e. The molecule has 0 radical (unpaired) electrons. The Morgan fingerprint density at radius 3 is 1.21 bits per heavy atom. The van der Waals surface area contributed by atoms with Crippen LogP contribution < -0.4 is 5.90 Å². The summed E-state index contributed by atoms with van der Waals surface area (Å²) in [6.07, 6.45) is 33.7. The Balaban J connectivity index is 3.05. The summed E-state index contributed by atoms with van der Waals surface area (Å²) < 4.78 is 0. The minimum absolute atomic E-state index is 0.464. The van der Waals surface area contributed by atoms with Crippen LogP contribution in [0.15, 0.2) is 12.2 Å². The van der Waals surface area contributed by atoms with Gasteiger partial charge in [0.05, 0.1) is 0 Å². The van der Waals surface area contributed by atoms with Gasteiger partial charge in [-0.15, -0.1) is 0 Å². The fraction of sp³-hybridized carbons (Fsp3) is 0.885. The first-order valence-corrected chi connectivity index (χ1v) is 12.9. The highest BCUT2D eigenvalue weighted by Gasteiger charge is 1.96. The molecule has 0 aromatic rings. The monoisotopic (exact) mass is 409 g/mol. The summed E-state index contributed by atoms with van der Waals surface area (Å²) in [5.74, 6) is 4.30. The molecule has 0 bridgehead atoms. The van der Waals surface area contributed by atoms with Crippen molar-refractivity contribution in [1.29, 1.82) is 0 Å². The van der Waals surface area contributed by atoms with Crippen LogP contribution in [0, 0.1) is 0 Å². The van der Waals surface area contributed by atoms with Crippen LogP contribution in [0.5, 0.6) is 0 Å². The highest BCUT2D eigenvalue weighted by molar-refractivity contribution is 5.81. The zero-order chi connectivity index (χ0) is 21.3. The number of rotatable bonds is 23. The number of hydrogen-bond acceptors (Lipinski definition) is 3. The van der Waals surface area contributed by atoms with Crippen molar-refractivity contribution in [2.24, 2.45) is 5.90 Å². The summed E-state index contributed by atoms with van der Waals surface area (Å²) in [4.78, 5) is 14.9. The lowest BCUT2D eigenvalue weighted by molar-refractivity contribution is -0.138. The van der Waals surface area contributed by atoms with Gasteiger partial charge in [0.2, 0.25) is 0 Å². The Labute approximate surface area is 182 Å². The summed E-state index contributed by atoms with van der Waals surface area (Å²) in [6.45, 7) is 2.29. The van der Waals surface area contributed by atoms with Crippen LogP contribution in [0.25, 0.3) is 0 Å². The first-order chi connectivity index (χ1) is 14.3. The molecule has 29 heavy (non-hydrogen) atoms. The van der Waals surface area contributed by atoms with Gasteiger partial charge in [0.1, 0.15) is 0 Å². The first kappa shape index (κ1) is 28.2. The molecule has 0 spiro atoms. The molecule has 3 heteroatoms. The SMILES string of the molecule is CCCCCCCCCCCCCCCCCCCCCCC/C=C/C(=O)ON. The lowest BCUT2D eigenvalue weighted by atomic mass is 10.0. The molecule has 0 fully saturated rings. The Morgan fingerprint density at radius 2 is 0.897 bits per heavy atom. The molecule has 0 saturated carbocycles. The van der Waals surface area contributed by atoms with Crippen molar-refractivity contribution < 1.29 is 9.63 Å². The molecule has 0 aliphatic rings. The first-order valence-electron chi connectivity index (χ1n) is 12.9. The van der Waals surface area contributed by atoms with E-state index in [1.807, 2.05) is 6.08 Å². The smallest absolute Gasteiger partial charge is 0.348 e. The number of nitrogens with two attached hydrogens (primary N) is 1. The van der Waals surface area contributed by atoms with Crippen molar-refractivity contribution in [1.82, 2.24) is 0 Å². The van der Waals surface area contributed by atoms with E-state index < -0.39 is 5.97 Å². The lowest BCUT2D eigenvalue weighted by Gasteiger charge is -2.04. The third kappa shape index (κ3) is 25.1. The standard InChI is InChI=1S/C26H51NO2/c1-2-3-4-5-6-7-8-9-10-11-12-13-14-15-16-17-18-19-20-21-22-23-24-25-26(28)29-27/h24-25H,2-23,27H2,1H3/b25-24+. The third-order valence-corrected chi connectivity index (χ3v) is 5.84. The molecule has 0 atom stereocenters. The van der Waals surface area contributed by atoms with Gasteiger partial charge in [-0.25, -0.2) is 4.79 Å². The van der Waals surface area contributed by atoms with Crippen LogP contribution in [0.3, 0.4) is 0 Å². The van der Waals surface area contributed by atoms with Crippen LogP contribution >= 0.6 is 0 Å². The fourth-order valence-electron chi connectivity index (χ4n) is 3.91. The van der Waals surface area contributed by atoms with Gasteiger partial charge in [-0.05, 0) is 12.8 Å². The zero-order valence-electron chi connectivity index (χ0n) is 19.6. The van der Waals surface area contributed by atoms with E-state index in [0.29, 0.717) is 0 Å². The quantitative estimate of drug-likeness (QED) is 0.104. The maximum Gasteiger partial charge on any atom is 0.348 e. The topological polar surface area (TPSA) is 52.3 Å². The number of unbranched alkanes of at least 4 members (excludes halogenated alkanes) is 21. The number of allylic oxidation sites excluding steroid dienone is 1. The van der Waals surface area contributed by atoms with E-state index in [-0.39, 0.29) is 0 Å². The maximum absolute atomic E-state index is 10.8. The predicted molar refractivity (Wildman–Crippen MR) is 127 cm³/mol. The Bertz CT molecular complexity index is 355. The largest absolute Gasteiger partial charge is 0.370 e. The van der Waals surface area contributed by atoms with Crippen LogP contribution in [-0.4, -0.2) is 5.97 Å². The Kier molecular flexibility index (Phi) is 24.5. The van der Waals surface area contributed by atoms with Gasteiger partial charge < -0.3 is 4.84 Å². The molecule has 172 valence electrons. The third-order valence-electron chi connectivity index (χ3n) is 5.84. The summed E-state index contributed by atoms with van der Waals surface area (Å²) in [5, 5.41) is 0. The van der Waals surface area contributed by atoms with Crippen LogP contribution in [-0.2, 0) is 9.63 Å². The second-order valence-corrected chi connectivity index (χ2v) is 8.70. The van der Waals surface area contributed by atoms with E-state index in [0.717, 1.165) is 12.8 Å². The number of carbonyl (C=O) groups is 1. The molecule has 0 heterocycles. The summed E-state index contributed by atoms with van der Waals surface area (Å²) in [5.41, 5.74) is 0. The van der Waals surface area contributed by atoms with E-state index >= 15 is 0 Å². The van der Waals surface area contributed by atoms with Crippen molar-refractivity contribution in [3.63, 3.8) is 0 Å². The second kappa shape index (κ2) is 25.2. The normalized spacial score (nSPS) is 11.4. The molecule has 0 aliphatic heterocycles. The zero-order valence-corrected chi connectivity index (χ0v) is 19.6. The Hall–Kier alpha value is -0.830. The molecule has 3 nitrogen and oxygen atoms in total. The average molecular weight is 410 g/mol.